The van der Waals surface area contributed by atoms with Gasteiger partial charge in [-0.05, 0) is 31.1 Å². The van der Waals surface area contributed by atoms with Crippen molar-refractivity contribution in [1.82, 2.24) is 10.2 Å². The molecule has 0 aromatic carbocycles. The molecule has 0 saturated heterocycles. The Hall–Kier alpha value is -1.26. The lowest BCUT2D eigenvalue weighted by Gasteiger charge is -2.38. The molecule has 2 aliphatic rings. The van der Waals surface area contributed by atoms with Crippen LogP contribution in [0.2, 0.25) is 0 Å². The summed E-state index contributed by atoms with van der Waals surface area (Å²) in [7, 11) is 1.80. The quantitative estimate of drug-likeness (QED) is 0.813. The monoisotopic (exact) mass is 282 g/mol. The molecule has 0 heterocycles. The van der Waals surface area contributed by atoms with Crippen molar-refractivity contribution < 1.29 is 14.7 Å². The lowest BCUT2D eigenvalue weighted by molar-refractivity contribution is -0.139. The van der Waals surface area contributed by atoms with Crippen molar-refractivity contribution in [2.45, 2.75) is 57.4 Å². The summed E-state index contributed by atoms with van der Waals surface area (Å²) >= 11 is 0. The zero-order valence-corrected chi connectivity index (χ0v) is 12.5. The van der Waals surface area contributed by atoms with Gasteiger partial charge in [-0.2, -0.15) is 0 Å². The number of carboxylic acid groups (broad SMARTS) is 1. The van der Waals surface area contributed by atoms with Crippen LogP contribution in [0, 0.1) is 11.8 Å². The van der Waals surface area contributed by atoms with Crippen LogP contribution in [-0.4, -0.2) is 41.1 Å². The van der Waals surface area contributed by atoms with Gasteiger partial charge in [0.15, 0.2) is 0 Å². The Bertz CT molecular complexity index is 377. The Morgan fingerprint density at radius 3 is 2.40 bits per heavy atom. The van der Waals surface area contributed by atoms with Crippen LogP contribution in [0.4, 0.5) is 4.79 Å². The number of hydrogen-bond donors (Lipinski definition) is 2. The van der Waals surface area contributed by atoms with E-state index in [1.54, 1.807) is 11.9 Å². The topological polar surface area (TPSA) is 69.6 Å². The summed E-state index contributed by atoms with van der Waals surface area (Å²) in [5.74, 6) is 0.506. The molecule has 0 spiro atoms. The molecule has 20 heavy (non-hydrogen) atoms. The second-order valence-electron chi connectivity index (χ2n) is 6.70. The maximum atomic E-state index is 12.3. The summed E-state index contributed by atoms with van der Waals surface area (Å²) in [6.45, 7) is 2.97. The molecule has 0 aromatic heterocycles. The van der Waals surface area contributed by atoms with E-state index < -0.39 is 11.5 Å². The van der Waals surface area contributed by atoms with Crippen LogP contribution in [0.5, 0.6) is 0 Å². The number of urea groups is 1. The standard InChI is InChI=1S/C15H26N2O3/c1-11-8-12(11)10-17(2)14(20)16-15(9-13(18)19)6-4-3-5-7-15/h11-12H,3-10H2,1-2H3,(H,16,20)(H,18,19). The second kappa shape index (κ2) is 6.02. The molecule has 5 heteroatoms. The Morgan fingerprint density at radius 2 is 1.90 bits per heavy atom. The predicted octanol–water partition coefficient (Wildman–Crippen LogP) is 2.46. The van der Waals surface area contributed by atoms with Crippen molar-refractivity contribution in [3.8, 4) is 0 Å². The van der Waals surface area contributed by atoms with E-state index in [0.717, 1.165) is 38.6 Å². The molecule has 2 fully saturated rings. The molecule has 0 bridgehead atoms. The van der Waals surface area contributed by atoms with E-state index in [2.05, 4.69) is 12.2 Å². The summed E-state index contributed by atoms with van der Waals surface area (Å²) in [5.41, 5.74) is -0.537. The third kappa shape index (κ3) is 3.87. The molecule has 2 saturated carbocycles. The van der Waals surface area contributed by atoms with Gasteiger partial charge in [0.1, 0.15) is 0 Å². The van der Waals surface area contributed by atoms with E-state index in [1.165, 1.54) is 6.42 Å². The Kier molecular flexibility index (Phi) is 4.55. The van der Waals surface area contributed by atoms with Crippen LogP contribution in [-0.2, 0) is 4.79 Å². The fourth-order valence-corrected chi connectivity index (χ4v) is 3.27. The third-order valence-corrected chi connectivity index (χ3v) is 4.80. The summed E-state index contributed by atoms with van der Waals surface area (Å²) in [6.07, 6.45) is 5.91. The molecular formula is C15H26N2O3. The van der Waals surface area contributed by atoms with Gasteiger partial charge in [-0.3, -0.25) is 4.79 Å². The number of nitrogens with zero attached hydrogens (tertiary/aromatic N) is 1. The average Bonchev–Trinajstić information content (AvgIpc) is 3.04. The first kappa shape index (κ1) is 15.1. The summed E-state index contributed by atoms with van der Waals surface area (Å²) in [6, 6.07) is -0.118. The molecule has 0 aromatic rings. The smallest absolute Gasteiger partial charge is 0.317 e. The number of carbonyl (C=O) groups is 2. The number of carbonyl (C=O) groups excluding carboxylic acids is 1. The van der Waals surface area contributed by atoms with Crippen LogP contribution in [0.3, 0.4) is 0 Å². The van der Waals surface area contributed by atoms with Gasteiger partial charge in [-0.15, -0.1) is 0 Å². The minimum absolute atomic E-state index is 0.0341. The molecule has 2 aliphatic carbocycles. The number of amides is 2. The Morgan fingerprint density at radius 1 is 1.30 bits per heavy atom. The molecular weight excluding hydrogens is 256 g/mol. The van der Waals surface area contributed by atoms with Crippen LogP contribution in [0.25, 0.3) is 0 Å². The van der Waals surface area contributed by atoms with E-state index in [9.17, 15) is 9.59 Å². The largest absolute Gasteiger partial charge is 0.481 e. The molecule has 2 atom stereocenters. The van der Waals surface area contributed by atoms with Crippen molar-refractivity contribution in [2.24, 2.45) is 11.8 Å². The van der Waals surface area contributed by atoms with Gasteiger partial charge in [0.2, 0.25) is 0 Å². The van der Waals surface area contributed by atoms with Crippen molar-refractivity contribution in [2.75, 3.05) is 13.6 Å². The highest BCUT2D eigenvalue weighted by molar-refractivity contribution is 5.76. The first-order chi connectivity index (χ1) is 9.42. The Labute approximate surface area is 120 Å². The van der Waals surface area contributed by atoms with Crippen molar-refractivity contribution in [3.05, 3.63) is 0 Å². The van der Waals surface area contributed by atoms with Crippen molar-refractivity contribution in [1.29, 1.82) is 0 Å². The summed E-state index contributed by atoms with van der Waals surface area (Å²) < 4.78 is 0. The van der Waals surface area contributed by atoms with Gasteiger partial charge < -0.3 is 15.3 Å². The van der Waals surface area contributed by atoms with Crippen LogP contribution >= 0.6 is 0 Å². The van der Waals surface area contributed by atoms with Crippen LogP contribution in [0.15, 0.2) is 0 Å². The minimum atomic E-state index is -0.828. The molecule has 2 amide bonds. The maximum absolute atomic E-state index is 12.3. The number of rotatable bonds is 5. The van der Waals surface area contributed by atoms with E-state index in [1.807, 2.05) is 0 Å². The van der Waals surface area contributed by atoms with Gasteiger partial charge >= 0.3 is 12.0 Å². The normalized spacial score (nSPS) is 27.7. The molecule has 114 valence electrons. The minimum Gasteiger partial charge on any atom is -0.481 e. The fraction of sp³-hybridized carbons (Fsp3) is 0.867. The number of hydrogen-bond acceptors (Lipinski definition) is 2. The van der Waals surface area contributed by atoms with Gasteiger partial charge in [0, 0.05) is 13.6 Å². The highest BCUT2D eigenvalue weighted by Gasteiger charge is 2.38. The molecule has 0 radical (unpaired) electrons. The fourth-order valence-electron chi connectivity index (χ4n) is 3.27. The van der Waals surface area contributed by atoms with Gasteiger partial charge in [0.25, 0.3) is 0 Å². The summed E-state index contributed by atoms with van der Waals surface area (Å²) in [4.78, 5) is 25.1. The molecule has 2 rings (SSSR count). The SMILES string of the molecule is CC1CC1CN(C)C(=O)NC1(CC(=O)O)CCCCC1. The highest BCUT2D eigenvalue weighted by Crippen LogP contribution is 2.38. The molecule has 2 unspecified atom stereocenters. The Balaban J connectivity index is 1.92. The third-order valence-electron chi connectivity index (χ3n) is 4.80. The zero-order chi connectivity index (χ0) is 14.8. The van der Waals surface area contributed by atoms with Gasteiger partial charge in [-0.1, -0.05) is 26.2 Å². The molecule has 2 N–H and O–H groups in total. The van der Waals surface area contributed by atoms with Crippen molar-refractivity contribution in [3.63, 3.8) is 0 Å². The maximum Gasteiger partial charge on any atom is 0.317 e. The van der Waals surface area contributed by atoms with E-state index in [4.69, 9.17) is 5.11 Å². The number of carboxylic acids is 1. The van der Waals surface area contributed by atoms with Crippen molar-refractivity contribution >= 4 is 12.0 Å². The highest BCUT2D eigenvalue weighted by atomic mass is 16.4. The van der Waals surface area contributed by atoms with E-state index in [0.29, 0.717) is 11.8 Å². The van der Waals surface area contributed by atoms with Gasteiger partial charge in [0.05, 0.1) is 12.0 Å². The van der Waals surface area contributed by atoms with E-state index in [-0.39, 0.29) is 12.5 Å². The zero-order valence-electron chi connectivity index (χ0n) is 12.5. The lowest BCUT2D eigenvalue weighted by Crippen LogP contribution is -2.54. The summed E-state index contributed by atoms with van der Waals surface area (Å²) in [5, 5.41) is 12.1. The number of nitrogens with one attached hydrogen (secondary N) is 1. The predicted molar refractivity (Wildman–Crippen MR) is 76.5 cm³/mol. The molecule has 0 aliphatic heterocycles. The number of aliphatic carboxylic acids is 1. The van der Waals surface area contributed by atoms with Crippen LogP contribution < -0.4 is 5.32 Å². The van der Waals surface area contributed by atoms with Crippen LogP contribution in [0.1, 0.15) is 51.9 Å². The first-order valence-corrected chi connectivity index (χ1v) is 7.67. The first-order valence-electron chi connectivity index (χ1n) is 7.67. The van der Waals surface area contributed by atoms with E-state index >= 15 is 0 Å². The van der Waals surface area contributed by atoms with Gasteiger partial charge in [-0.25, -0.2) is 4.79 Å². The average molecular weight is 282 g/mol. The second-order valence-corrected chi connectivity index (χ2v) is 6.70. The lowest BCUT2D eigenvalue weighted by atomic mass is 9.79. The molecule has 5 nitrogen and oxygen atoms in total.